The highest BCUT2D eigenvalue weighted by atomic mass is 19.1. The molecular formula is C17H23FN2O. The quantitative estimate of drug-likeness (QED) is 0.699. The molecule has 0 amide bonds. The smallest absolute Gasteiger partial charge is 0.230 e. The lowest BCUT2D eigenvalue weighted by Gasteiger charge is -2.04. The van der Waals surface area contributed by atoms with Crippen LogP contribution in [0.1, 0.15) is 51.1 Å². The molecule has 0 saturated heterocycles. The number of aromatic nitrogens is 1. The van der Waals surface area contributed by atoms with E-state index in [-0.39, 0.29) is 11.7 Å². The summed E-state index contributed by atoms with van der Waals surface area (Å²) in [6.07, 6.45) is 8.00. The van der Waals surface area contributed by atoms with Crippen LogP contribution in [0.3, 0.4) is 0 Å². The van der Waals surface area contributed by atoms with Crippen molar-refractivity contribution in [2.45, 2.75) is 51.9 Å². The number of nitrogen functional groups attached to an aromatic ring is 1. The standard InChI is InChI=1S/C17H23FN2O/c1-2-3-4-5-6-7-12-15-16(17(19)21-20-15)13-10-8-9-11-14(13)18/h8-11H,2-7,12,19H2,1H3. The van der Waals surface area contributed by atoms with Crippen molar-refractivity contribution in [2.75, 3.05) is 5.73 Å². The minimum absolute atomic E-state index is 0.195. The molecule has 0 aliphatic carbocycles. The first-order valence-electron chi connectivity index (χ1n) is 7.73. The summed E-state index contributed by atoms with van der Waals surface area (Å²) < 4.78 is 19.0. The van der Waals surface area contributed by atoms with E-state index in [4.69, 9.17) is 10.3 Å². The minimum Gasteiger partial charge on any atom is -0.367 e. The first kappa shape index (κ1) is 15.5. The van der Waals surface area contributed by atoms with Crippen molar-refractivity contribution in [2.24, 2.45) is 0 Å². The van der Waals surface area contributed by atoms with Crippen LogP contribution in [0.15, 0.2) is 28.8 Å². The van der Waals surface area contributed by atoms with Gasteiger partial charge in [0.05, 0.1) is 11.3 Å². The van der Waals surface area contributed by atoms with Crippen molar-refractivity contribution in [1.29, 1.82) is 0 Å². The Morgan fingerprint density at radius 1 is 1.10 bits per heavy atom. The van der Waals surface area contributed by atoms with Crippen LogP contribution in [0.4, 0.5) is 10.3 Å². The Bertz CT molecular complexity index is 566. The number of nitrogens with two attached hydrogens (primary N) is 1. The summed E-state index contributed by atoms with van der Waals surface area (Å²) in [5.74, 6) is -0.0994. The van der Waals surface area contributed by atoms with E-state index in [2.05, 4.69) is 12.1 Å². The number of hydrogen-bond acceptors (Lipinski definition) is 3. The Balaban J connectivity index is 2.00. The molecule has 114 valence electrons. The molecule has 0 aliphatic heterocycles. The van der Waals surface area contributed by atoms with Crippen molar-refractivity contribution in [3.05, 3.63) is 35.8 Å². The van der Waals surface area contributed by atoms with E-state index in [1.165, 1.54) is 31.7 Å². The Labute approximate surface area is 125 Å². The molecule has 0 aliphatic rings. The van der Waals surface area contributed by atoms with Gasteiger partial charge in [0, 0.05) is 5.56 Å². The van der Waals surface area contributed by atoms with Crippen LogP contribution in [0.2, 0.25) is 0 Å². The van der Waals surface area contributed by atoms with E-state index in [0.717, 1.165) is 25.0 Å². The molecule has 0 spiro atoms. The molecule has 1 heterocycles. The maximum Gasteiger partial charge on any atom is 0.230 e. The molecule has 1 aromatic carbocycles. The second-order valence-electron chi connectivity index (χ2n) is 5.37. The Kier molecular flexibility index (Phi) is 5.78. The van der Waals surface area contributed by atoms with E-state index >= 15 is 0 Å². The fourth-order valence-corrected chi connectivity index (χ4v) is 2.53. The highest BCUT2D eigenvalue weighted by molar-refractivity contribution is 5.75. The number of benzene rings is 1. The van der Waals surface area contributed by atoms with Gasteiger partial charge in [0.2, 0.25) is 5.88 Å². The molecule has 2 N–H and O–H groups in total. The average Bonchev–Trinajstić information content (AvgIpc) is 2.84. The molecular weight excluding hydrogens is 267 g/mol. The van der Waals surface area contributed by atoms with Gasteiger partial charge in [-0.15, -0.1) is 0 Å². The number of unbranched alkanes of at least 4 members (excludes halogenated alkanes) is 5. The third-order valence-corrected chi connectivity index (χ3v) is 3.70. The highest BCUT2D eigenvalue weighted by Gasteiger charge is 2.18. The Morgan fingerprint density at radius 3 is 2.57 bits per heavy atom. The van der Waals surface area contributed by atoms with Gasteiger partial charge < -0.3 is 10.3 Å². The molecule has 3 nitrogen and oxygen atoms in total. The molecule has 0 unspecified atom stereocenters. The third-order valence-electron chi connectivity index (χ3n) is 3.70. The molecule has 2 aromatic rings. The van der Waals surface area contributed by atoms with E-state index in [1.54, 1.807) is 18.2 Å². The van der Waals surface area contributed by atoms with Gasteiger partial charge in [-0.25, -0.2) is 4.39 Å². The largest absolute Gasteiger partial charge is 0.367 e. The van der Waals surface area contributed by atoms with Crippen LogP contribution in [0.5, 0.6) is 0 Å². The number of hydrogen-bond donors (Lipinski definition) is 1. The molecule has 1 aromatic heterocycles. The van der Waals surface area contributed by atoms with Crippen molar-refractivity contribution in [3.8, 4) is 11.1 Å². The molecule has 2 rings (SSSR count). The van der Waals surface area contributed by atoms with E-state index < -0.39 is 0 Å². The number of aryl methyl sites for hydroxylation is 1. The lowest BCUT2D eigenvalue weighted by molar-refractivity contribution is 0.425. The van der Waals surface area contributed by atoms with E-state index in [1.807, 2.05) is 0 Å². The van der Waals surface area contributed by atoms with Gasteiger partial charge in [-0.05, 0) is 18.9 Å². The minimum atomic E-state index is -0.295. The maximum absolute atomic E-state index is 13.9. The number of nitrogens with zero attached hydrogens (tertiary/aromatic N) is 1. The fourth-order valence-electron chi connectivity index (χ4n) is 2.53. The topological polar surface area (TPSA) is 52.0 Å². The lowest BCUT2D eigenvalue weighted by atomic mass is 10.0. The van der Waals surface area contributed by atoms with Gasteiger partial charge in [0.25, 0.3) is 0 Å². The molecule has 0 fully saturated rings. The van der Waals surface area contributed by atoms with Gasteiger partial charge in [0.15, 0.2) is 0 Å². The van der Waals surface area contributed by atoms with E-state index in [0.29, 0.717) is 11.1 Å². The predicted octanol–water partition coefficient (Wildman–Crippen LogP) is 4.97. The second kappa shape index (κ2) is 7.81. The van der Waals surface area contributed by atoms with E-state index in [9.17, 15) is 4.39 Å². The Hall–Kier alpha value is -1.84. The summed E-state index contributed by atoms with van der Waals surface area (Å²) in [6, 6.07) is 6.59. The van der Waals surface area contributed by atoms with Gasteiger partial charge in [-0.1, -0.05) is 62.4 Å². The van der Waals surface area contributed by atoms with Crippen LogP contribution in [-0.4, -0.2) is 5.16 Å². The third kappa shape index (κ3) is 4.06. The zero-order chi connectivity index (χ0) is 15.1. The van der Waals surface area contributed by atoms with Crippen molar-refractivity contribution < 1.29 is 8.91 Å². The van der Waals surface area contributed by atoms with Gasteiger partial charge in [0.1, 0.15) is 5.82 Å². The number of halogens is 1. The summed E-state index contributed by atoms with van der Waals surface area (Å²) in [7, 11) is 0. The van der Waals surface area contributed by atoms with Crippen LogP contribution in [-0.2, 0) is 6.42 Å². The number of anilines is 1. The fraction of sp³-hybridized carbons (Fsp3) is 0.471. The van der Waals surface area contributed by atoms with Crippen LogP contribution in [0.25, 0.3) is 11.1 Å². The van der Waals surface area contributed by atoms with Gasteiger partial charge in [-0.3, -0.25) is 0 Å². The van der Waals surface area contributed by atoms with Crippen molar-refractivity contribution in [1.82, 2.24) is 5.16 Å². The second-order valence-corrected chi connectivity index (χ2v) is 5.37. The predicted molar refractivity (Wildman–Crippen MR) is 83.4 cm³/mol. The van der Waals surface area contributed by atoms with Gasteiger partial charge >= 0.3 is 0 Å². The molecule has 4 heteroatoms. The van der Waals surface area contributed by atoms with Crippen molar-refractivity contribution >= 4 is 5.88 Å². The van der Waals surface area contributed by atoms with Gasteiger partial charge in [-0.2, -0.15) is 0 Å². The van der Waals surface area contributed by atoms with Crippen LogP contribution in [0, 0.1) is 5.82 Å². The zero-order valence-corrected chi connectivity index (χ0v) is 12.6. The summed E-state index contributed by atoms with van der Waals surface area (Å²) in [4.78, 5) is 0. The normalized spacial score (nSPS) is 11.0. The summed E-state index contributed by atoms with van der Waals surface area (Å²) in [5, 5.41) is 4.00. The first-order valence-corrected chi connectivity index (χ1v) is 7.73. The molecule has 0 bridgehead atoms. The number of rotatable bonds is 8. The zero-order valence-electron chi connectivity index (χ0n) is 12.6. The molecule has 0 saturated carbocycles. The average molecular weight is 290 g/mol. The SMILES string of the molecule is CCCCCCCCc1noc(N)c1-c1ccccc1F. The Morgan fingerprint density at radius 2 is 1.81 bits per heavy atom. The summed E-state index contributed by atoms with van der Waals surface area (Å²) in [6.45, 7) is 2.21. The molecule has 21 heavy (non-hydrogen) atoms. The summed E-state index contributed by atoms with van der Waals surface area (Å²) in [5.41, 5.74) is 7.66. The molecule has 0 radical (unpaired) electrons. The highest BCUT2D eigenvalue weighted by Crippen LogP contribution is 2.32. The summed E-state index contributed by atoms with van der Waals surface area (Å²) >= 11 is 0. The maximum atomic E-state index is 13.9. The van der Waals surface area contributed by atoms with Crippen LogP contribution >= 0.6 is 0 Å². The van der Waals surface area contributed by atoms with Crippen molar-refractivity contribution in [3.63, 3.8) is 0 Å². The first-order chi connectivity index (χ1) is 10.2. The monoisotopic (exact) mass is 290 g/mol. The molecule has 0 atom stereocenters. The lowest BCUT2D eigenvalue weighted by Crippen LogP contribution is -1.94. The van der Waals surface area contributed by atoms with Crippen LogP contribution < -0.4 is 5.73 Å².